The van der Waals surface area contributed by atoms with Gasteiger partial charge in [0.25, 0.3) is 0 Å². The zero-order chi connectivity index (χ0) is 14.4. The lowest BCUT2D eigenvalue weighted by molar-refractivity contribution is 0.528. The van der Waals surface area contributed by atoms with Crippen molar-refractivity contribution in [3.8, 4) is 0 Å². The van der Waals surface area contributed by atoms with Gasteiger partial charge in [-0.05, 0) is 29.8 Å². The van der Waals surface area contributed by atoms with Crippen molar-refractivity contribution in [3.63, 3.8) is 0 Å². The van der Waals surface area contributed by atoms with Gasteiger partial charge in [0.2, 0.25) is 0 Å². The van der Waals surface area contributed by atoms with Gasteiger partial charge in [0, 0.05) is 18.9 Å². The van der Waals surface area contributed by atoms with Crippen molar-refractivity contribution in [1.82, 2.24) is 25.5 Å². The highest BCUT2D eigenvalue weighted by Crippen LogP contribution is 2.21. The Morgan fingerprint density at radius 2 is 2.15 bits per heavy atom. The maximum atomic E-state index is 14.0. The van der Waals surface area contributed by atoms with Crippen LogP contribution in [0.4, 0.5) is 4.39 Å². The Balaban J connectivity index is 2.13. The molecule has 6 heteroatoms. The van der Waals surface area contributed by atoms with E-state index in [1.54, 1.807) is 13.1 Å². The SMILES string of the molecule is CCCNCC(Cc1nnn(C)n1)c1ccccc1F. The summed E-state index contributed by atoms with van der Waals surface area (Å²) in [6.07, 6.45) is 1.62. The lowest BCUT2D eigenvalue weighted by Gasteiger charge is -2.17. The van der Waals surface area contributed by atoms with Gasteiger partial charge in [-0.3, -0.25) is 0 Å². The minimum Gasteiger partial charge on any atom is -0.316 e. The molecule has 108 valence electrons. The van der Waals surface area contributed by atoms with E-state index >= 15 is 0 Å². The zero-order valence-electron chi connectivity index (χ0n) is 11.9. The minimum atomic E-state index is -0.181. The maximum Gasteiger partial charge on any atom is 0.175 e. The largest absolute Gasteiger partial charge is 0.316 e. The van der Waals surface area contributed by atoms with Crippen LogP contribution in [0, 0.1) is 5.82 Å². The molecule has 5 nitrogen and oxygen atoms in total. The second-order valence-corrected chi connectivity index (χ2v) is 4.82. The molecule has 2 aromatic rings. The molecule has 1 N–H and O–H groups in total. The summed E-state index contributed by atoms with van der Waals surface area (Å²) in [5.41, 5.74) is 0.698. The normalized spacial score (nSPS) is 12.6. The van der Waals surface area contributed by atoms with Crippen LogP contribution >= 0.6 is 0 Å². The van der Waals surface area contributed by atoms with Crippen molar-refractivity contribution in [2.45, 2.75) is 25.7 Å². The predicted molar refractivity (Wildman–Crippen MR) is 74.8 cm³/mol. The van der Waals surface area contributed by atoms with Crippen LogP contribution in [0.3, 0.4) is 0 Å². The molecule has 2 rings (SSSR count). The van der Waals surface area contributed by atoms with E-state index in [4.69, 9.17) is 0 Å². The van der Waals surface area contributed by atoms with E-state index in [0.717, 1.165) is 13.0 Å². The molecule has 1 aromatic carbocycles. The third-order valence-electron chi connectivity index (χ3n) is 3.14. The van der Waals surface area contributed by atoms with Gasteiger partial charge >= 0.3 is 0 Å². The summed E-state index contributed by atoms with van der Waals surface area (Å²) in [5.74, 6) is 0.464. The molecule has 0 radical (unpaired) electrons. The van der Waals surface area contributed by atoms with Gasteiger partial charge in [-0.15, -0.1) is 10.2 Å². The molecule has 1 unspecified atom stereocenters. The van der Waals surface area contributed by atoms with Crippen molar-refractivity contribution in [3.05, 3.63) is 41.5 Å². The smallest absolute Gasteiger partial charge is 0.175 e. The van der Waals surface area contributed by atoms with Crippen LogP contribution in [0.25, 0.3) is 0 Å². The maximum absolute atomic E-state index is 14.0. The molecule has 0 aliphatic carbocycles. The minimum absolute atomic E-state index is 0.00644. The van der Waals surface area contributed by atoms with Crippen LogP contribution in [0.1, 0.15) is 30.7 Å². The summed E-state index contributed by atoms with van der Waals surface area (Å²) in [6.45, 7) is 3.72. The number of hydrogen-bond acceptors (Lipinski definition) is 4. The number of nitrogens with zero attached hydrogens (tertiary/aromatic N) is 4. The van der Waals surface area contributed by atoms with Crippen molar-refractivity contribution < 1.29 is 4.39 Å². The molecule has 1 aromatic heterocycles. The fourth-order valence-corrected chi connectivity index (χ4v) is 2.18. The average molecular weight is 277 g/mol. The first-order valence-electron chi connectivity index (χ1n) is 6.88. The third-order valence-corrected chi connectivity index (χ3v) is 3.14. The van der Waals surface area contributed by atoms with Crippen LogP contribution in [0.2, 0.25) is 0 Å². The third kappa shape index (κ3) is 3.84. The van der Waals surface area contributed by atoms with E-state index in [1.165, 1.54) is 10.9 Å². The van der Waals surface area contributed by atoms with Crippen LogP contribution in [-0.2, 0) is 13.5 Å². The molecule has 0 bridgehead atoms. The highest BCUT2D eigenvalue weighted by molar-refractivity contribution is 5.23. The lowest BCUT2D eigenvalue weighted by Crippen LogP contribution is -2.24. The molecule has 0 amide bonds. The van der Waals surface area contributed by atoms with Gasteiger partial charge in [0.15, 0.2) is 5.82 Å². The summed E-state index contributed by atoms with van der Waals surface area (Å²) in [4.78, 5) is 1.42. The van der Waals surface area contributed by atoms with Crippen LogP contribution in [-0.4, -0.2) is 33.3 Å². The predicted octanol–water partition coefficient (Wildman–Crippen LogP) is 1.68. The van der Waals surface area contributed by atoms with Crippen molar-refractivity contribution in [2.75, 3.05) is 13.1 Å². The number of nitrogens with one attached hydrogen (secondary N) is 1. The molecule has 0 fully saturated rings. The summed E-state index contributed by atoms with van der Waals surface area (Å²) in [6, 6.07) is 6.88. The number of rotatable bonds is 7. The Labute approximate surface area is 118 Å². The fourth-order valence-electron chi connectivity index (χ4n) is 2.18. The summed E-state index contributed by atoms with van der Waals surface area (Å²) < 4.78 is 14.0. The van der Waals surface area contributed by atoms with Gasteiger partial charge in [0.1, 0.15) is 5.82 Å². The summed E-state index contributed by atoms with van der Waals surface area (Å²) in [5, 5.41) is 15.3. The van der Waals surface area contributed by atoms with Gasteiger partial charge in [-0.25, -0.2) is 4.39 Å². The van der Waals surface area contributed by atoms with E-state index in [9.17, 15) is 4.39 Å². The van der Waals surface area contributed by atoms with Crippen LogP contribution < -0.4 is 5.32 Å². The summed E-state index contributed by atoms with van der Waals surface area (Å²) >= 11 is 0. The number of aromatic nitrogens is 4. The second kappa shape index (κ2) is 7.09. The van der Waals surface area contributed by atoms with Gasteiger partial charge in [0.05, 0.1) is 7.05 Å². The Bertz CT molecular complexity index is 540. The molecule has 0 spiro atoms. The number of hydrogen-bond donors (Lipinski definition) is 1. The Hall–Kier alpha value is -1.82. The first-order valence-corrected chi connectivity index (χ1v) is 6.88. The monoisotopic (exact) mass is 277 g/mol. The van der Waals surface area contributed by atoms with Crippen molar-refractivity contribution >= 4 is 0 Å². The lowest BCUT2D eigenvalue weighted by atomic mass is 9.94. The van der Waals surface area contributed by atoms with Crippen LogP contribution in [0.5, 0.6) is 0 Å². The molecule has 1 atom stereocenters. The highest BCUT2D eigenvalue weighted by Gasteiger charge is 2.18. The van der Waals surface area contributed by atoms with Crippen molar-refractivity contribution in [2.24, 2.45) is 7.05 Å². The molecule has 0 aliphatic heterocycles. The topological polar surface area (TPSA) is 55.6 Å². The Morgan fingerprint density at radius 1 is 1.35 bits per heavy atom. The number of tetrazole rings is 1. The summed E-state index contributed by atoms with van der Waals surface area (Å²) in [7, 11) is 1.73. The Morgan fingerprint density at radius 3 is 2.80 bits per heavy atom. The Kier molecular flexibility index (Phi) is 5.17. The first-order chi connectivity index (χ1) is 9.70. The molecule has 1 heterocycles. The van der Waals surface area contributed by atoms with E-state index in [-0.39, 0.29) is 11.7 Å². The molecule has 0 saturated carbocycles. The van der Waals surface area contributed by atoms with Gasteiger partial charge in [-0.2, -0.15) is 4.80 Å². The first kappa shape index (κ1) is 14.6. The van der Waals surface area contributed by atoms with Crippen LogP contribution in [0.15, 0.2) is 24.3 Å². The molecule has 20 heavy (non-hydrogen) atoms. The number of halogens is 1. The number of aryl methyl sites for hydroxylation is 1. The van der Waals surface area contributed by atoms with E-state index in [0.29, 0.717) is 24.4 Å². The fraction of sp³-hybridized carbons (Fsp3) is 0.500. The average Bonchev–Trinajstić information content (AvgIpc) is 2.84. The molecular formula is C14H20FN5. The van der Waals surface area contributed by atoms with E-state index in [2.05, 4.69) is 27.7 Å². The highest BCUT2D eigenvalue weighted by atomic mass is 19.1. The number of benzene rings is 1. The molecule has 0 aliphatic rings. The van der Waals surface area contributed by atoms with Gasteiger partial charge < -0.3 is 5.32 Å². The quantitative estimate of drug-likeness (QED) is 0.782. The molecular weight excluding hydrogens is 257 g/mol. The second-order valence-electron chi connectivity index (χ2n) is 4.82. The molecule has 0 saturated heterocycles. The van der Waals surface area contributed by atoms with Gasteiger partial charge in [-0.1, -0.05) is 25.1 Å². The zero-order valence-corrected chi connectivity index (χ0v) is 11.9. The van der Waals surface area contributed by atoms with Crippen molar-refractivity contribution in [1.29, 1.82) is 0 Å². The van der Waals surface area contributed by atoms with E-state index < -0.39 is 0 Å². The standard InChI is InChI=1S/C14H20FN5/c1-3-8-16-10-11(9-14-17-19-20(2)18-14)12-6-4-5-7-13(12)15/h4-7,11,16H,3,8-10H2,1-2H3. The van der Waals surface area contributed by atoms with E-state index in [1.807, 2.05) is 12.1 Å².